The van der Waals surface area contributed by atoms with E-state index in [1.165, 1.54) is 18.5 Å². The molecule has 0 unspecified atom stereocenters. The van der Waals surface area contributed by atoms with Gasteiger partial charge >= 0.3 is 0 Å². The Kier molecular flexibility index (Phi) is 2.34. The number of aromatic nitrogens is 1. The molecule has 0 atom stereocenters. The molecule has 0 bridgehead atoms. The van der Waals surface area contributed by atoms with Gasteiger partial charge in [0.1, 0.15) is 5.75 Å². The fourth-order valence-electron chi connectivity index (χ4n) is 1.73. The van der Waals surface area contributed by atoms with E-state index >= 15 is 0 Å². The van der Waals surface area contributed by atoms with Crippen LogP contribution in [0.5, 0.6) is 5.75 Å². The molecule has 2 rings (SSSR count). The lowest BCUT2D eigenvalue weighted by atomic mass is 9.78. The highest BCUT2D eigenvalue weighted by molar-refractivity contribution is 5.94. The Morgan fingerprint density at radius 1 is 1.53 bits per heavy atom. The molecule has 1 aliphatic carbocycles. The molecule has 0 radical (unpaired) electrons. The maximum atomic E-state index is 11.7. The van der Waals surface area contributed by atoms with Gasteiger partial charge in [-0.2, -0.15) is 0 Å². The first-order chi connectivity index (χ1) is 7.09. The van der Waals surface area contributed by atoms with Gasteiger partial charge in [0.15, 0.2) is 0 Å². The van der Waals surface area contributed by atoms with E-state index in [1.807, 2.05) is 6.92 Å². The van der Waals surface area contributed by atoms with Crippen LogP contribution in [0, 0.1) is 0 Å². The van der Waals surface area contributed by atoms with Gasteiger partial charge in [0, 0.05) is 11.7 Å². The maximum absolute atomic E-state index is 11.7. The predicted molar refractivity (Wildman–Crippen MR) is 55.6 cm³/mol. The minimum absolute atomic E-state index is 0.0152. The average Bonchev–Trinajstić information content (AvgIpc) is 2.15. The van der Waals surface area contributed by atoms with E-state index in [1.54, 1.807) is 0 Å². The number of hydrogen-bond acceptors (Lipinski definition) is 3. The van der Waals surface area contributed by atoms with Crippen molar-refractivity contribution in [2.45, 2.75) is 31.7 Å². The number of rotatable bonds is 2. The number of nitrogens with one attached hydrogen (secondary N) is 1. The molecule has 0 aliphatic heterocycles. The molecule has 80 valence electrons. The van der Waals surface area contributed by atoms with Gasteiger partial charge in [-0.05, 0) is 32.3 Å². The second-order valence-corrected chi connectivity index (χ2v) is 4.30. The van der Waals surface area contributed by atoms with Crippen LogP contribution in [0.1, 0.15) is 36.5 Å². The summed E-state index contributed by atoms with van der Waals surface area (Å²) in [5, 5.41) is 12.1. The highest BCUT2D eigenvalue weighted by Gasteiger charge is 2.33. The molecule has 1 aliphatic rings. The maximum Gasteiger partial charge on any atom is 0.253 e. The topological polar surface area (TPSA) is 62.2 Å². The summed E-state index contributed by atoms with van der Waals surface area (Å²) in [7, 11) is 0. The molecule has 0 spiro atoms. The molecule has 1 heterocycles. The summed E-state index contributed by atoms with van der Waals surface area (Å²) in [6, 6.07) is 1.42. The zero-order valence-electron chi connectivity index (χ0n) is 8.66. The van der Waals surface area contributed by atoms with Crippen molar-refractivity contribution in [1.82, 2.24) is 10.3 Å². The molecule has 1 aromatic heterocycles. The Morgan fingerprint density at radius 3 is 2.80 bits per heavy atom. The van der Waals surface area contributed by atoms with Crippen molar-refractivity contribution in [1.29, 1.82) is 0 Å². The van der Waals surface area contributed by atoms with E-state index in [0.717, 1.165) is 19.3 Å². The SMILES string of the molecule is CC1(NC(=O)c2cncc(O)c2)CCC1. The summed E-state index contributed by atoms with van der Waals surface area (Å²) in [4.78, 5) is 15.5. The van der Waals surface area contributed by atoms with E-state index in [0.29, 0.717) is 5.56 Å². The third kappa shape index (κ3) is 2.09. The minimum atomic E-state index is -0.166. The van der Waals surface area contributed by atoms with Crippen LogP contribution in [-0.4, -0.2) is 21.5 Å². The molecule has 2 N–H and O–H groups in total. The van der Waals surface area contributed by atoms with Gasteiger partial charge in [-0.3, -0.25) is 9.78 Å². The lowest BCUT2D eigenvalue weighted by molar-refractivity contribution is 0.0849. The van der Waals surface area contributed by atoms with Crippen molar-refractivity contribution in [2.75, 3.05) is 0 Å². The van der Waals surface area contributed by atoms with Crippen molar-refractivity contribution in [2.24, 2.45) is 0 Å². The highest BCUT2D eigenvalue weighted by Crippen LogP contribution is 2.31. The first kappa shape index (κ1) is 9.96. The van der Waals surface area contributed by atoms with Crippen molar-refractivity contribution < 1.29 is 9.90 Å². The Balaban J connectivity index is 2.08. The Morgan fingerprint density at radius 2 is 2.27 bits per heavy atom. The second kappa shape index (κ2) is 3.53. The van der Waals surface area contributed by atoms with E-state index in [-0.39, 0.29) is 17.2 Å². The van der Waals surface area contributed by atoms with E-state index < -0.39 is 0 Å². The summed E-state index contributed by atoms with van der Waals surface area (Å²) in [6.07, 6.45) is 5.96. The Hall–Kier alpha value is -1.58. The number of nitrogens with zero attached hydrogens (tertiary/aromatic N) is 1. The molecule has 15 heavy (non-hydrogen) atoms. The molecule has 4 heteroatoms. The van der Waals surface area contributed by atoms with Crippen LogP contribution in [-0.2, 0) is 0 Å². The van der Waals surface area contributed by atoms with Gasteiger partial charge in [-0.25, -0.2) is 0 Å². The van der Waals surface area contributed by atoms with Crippen LogP contribution in [0.2, 0.25) is 0 Å². The summed E-state index contributed by atoms with van der Waals surface area (Å²) in [5.74, 6) is -0.151. The van der Waals surface area contributed by atoms with Crippen LogP contribution < -0.4 is 5.32 Å². The standard InChI is InChI=1S/C11H14N2O2/c1-11(3-2-4-11)13-10(15)8-5-9(14)7-12-6-8/h5-7,14H,2-4H2,1H3,(H,13,15). The fraction of sp³-hybridized carbons (Fsp3) is 0.455. The molecule has 4 nitrogen and oxygen atoms in total. The molecule has 1 fully saturated rings. The van der Waals surface area contributed by atoms with Gasteiger partial charge in [0.05, 0.1) is 11.8 Å². The first-order valence-corrected chi connectivity index (χ1v) is 5.06. The van der Waals surface area contributed by atoms with Crippen molar-refractivity contribution in [3.05, 3.63) is 24.0 Å². The lowest BCUT2D eigenvalue weighted by Gasteiger charge is -2.39. The largest absolute Gasteiger partial charge is 0.506 e. The van der Waals surface area contributed by atoms with Gasteiger partial charge in [0.2, 0.25) is 0 Å². The second-order valence-electron chi connectivity index (χ2n) is 4.30. The smallest absolute Gasteiger partial charge is 0.253 e. The van der Waals surface area contributed by atoms with Crippen molar-refractivity contribution in [3.63, 3.8) is 0 Å². The first-order valence-electron chi connectivity index (χ1n) is 5.06. The van der Waals surface area contributed by atoms with Crippen LogP contribution in [0.3, 0.4) is 0 Å². The molecule has 1 saturated carbocycles. The molecule has 1 amide bonds. The number of pyridine rings is 1. The Labute approximate surface area is 88.3 Å². The van der Waals surface area contributed by atoms with Crippen LogP contribution >= 0.6 is 0 Å². The van der Waals surface area contributed by atoms with Gasteiger partial charge in [-0.15, -0.1) is 0 Å². The average molecular weight is 206 g/mol. The third-order valence-corrected chi connectivity index (χ3v) is 2.86. The number of aromatic hydroxyl groups is 1. The number of carbonyl (C=O) groups is 1. The van der Waals surface area contributed by atoms with Crippen molar-refractivity contribution in [3.8, 4) is 5.75 Å². The summed E-state index contributed by atoms with van der Waals surface area (Å²) in [6.45, 7) is 2.03. The van der Waals surface area contributed by atoms with E-state index in [2.05, 4.69) is 10.3 Å². The molecule has 1 aromatic rings. The fourth-order valence-corrected chi connectivity index (χ4v) is 1.73. The van der Waals surface area contributed by atoms with Gasteiger partial charge in [0.25, 0.3) is 5.91 Å². The summed E-state index contributed by atoms with van der Waals surface area (Å²) < 4.78 is 0. The van der Waals surface area contributed by atoms with Crippen LogP contribution in [0.4, 0.5) is 0 Å². The summed E-state index contributed by atoms with van der Waals surface area (Å²) >= 11 is 0. The van der Waals surface area contributed by atoms with Crippen molar-refractivity contribution >= 4 is 5.91 Å². The van der Waals surface area contributed by atoms with Gasteiger partial charge in [-0.1, -0.05) is 0 Å². The van der Waals surface area contributed by atoms with Crippen LogP contribution in [0.25, 0.3) is 0 Å². The quantitative estimate of drug-likeness (QED) is 0.770. The van der Waals surface area contributed by atoms with E-state index in [4.69, 9.17) is 0 Å². The normalized spacial score (nSPS) is 17.9. The molecular formula is C11H14N2O2. The predicted octanol–water partition coefficient (Wildman–Crippen LogP) is 1.46. The van der Waals surface area contributed by atoms with E-state index in [9.17, 15) is 9.90 Å². The zero-order chi connectivity index (χ0) is 10.9. The molecule has 0 saturated heterocycles. The molecule has 0 aromatic carbocycles. The molecular weight excluding hydrogens is 192 g/mol. The highest BCUT2D eigenvalue weighted by atomic mass is 16.3. The monoisotopic (exact) mass is 206 g/mol. The van der Waals surface area contributed by atoms with Crippen LogP contribution in [0.15, 0.2) is 18.5 Å². The number of hydrogen-bond donors (Lipinski definition) is 2. The summed E-state index contributed by atoms with van der Waals surface area (Å²) in [5.41, 5.74) is 0.339. The minimum Gasteiger partial charge on any atom is -0.506 e. The lowest BCUT2D eigenvalue weighted by Crippen LogP contribution is -2.50. The third-order valence-electron chi connectivity index (χ3n) is 2.86. The zero-order valence-corrected chi connectivity index (χ0v) is 8.66. The Bertz CT molecular complexity index is 386. The van der Waals surface area contributed by atoms with Gasteiger partial charge < -0.3 is 10.4 Å². The number of amides is 1. The number of carbonyl (C=O) groups excluding carboxylic acids is 1.